The maximum atomic E-state index is 11.2. The maximum Gasteiger partial charge on any atom is 0.335 e. The Kier molecular flexibility index (Phi) is 5.33. The minimum atomic E-state index is -0.934. The van der Waals surface area contributed by atoms with E-state index >= 15 is 0 Å². The number of ether oxygens (including phenoxy) is 1. The van der Waals surface area contributed by atoms with Crippen LogP contribution in [0.15, 0.2) is 54.4 Å². The number of carboxylic acid groups (broad SMARTS) is 1. The number of hydrogen-bond acceptors (Lipinski definition) is 3. The van der Waals surface area contributed by atoms with E-state index in [1.807, 2.05) is 18.3 Å². The first-order chi connectivity index (χ1) is 12.2. The lowest BCUT2D eigenvalue weighted by molar-refractivity contribution is 0.0697. The van der Waals surface area contributed by atoms with Crippen molar-refractivity contribution in [2.45, 2.75) is 32.6 Å². The number of nitrogens with zero attached hydrogens (tertiary/aromatic N) is 2. The molecule has 3 rings (SSSR count). The molecule has 1 heterocycles. The molecule has 0 saturated carbocycles. The van der Waals surface area contributed by atoms with Crippen LogP contribution in [0, 0.1) is 0 Å². The first-order valence-corrected chi connectivity index (χ1v) is 8.58. The number of aryl methyl sites for hydroxylation is 1. The van der Waals surface area contributed by atoms with Gasteiger partial charge in [0.05, 0.1) is 23.6 Å². The van der Waals surface area contributed by atoms with Crippen LogP contribution in [0.25, 0.3) is 5.69 Å². The molecule has 1 N–H and O–H groups in total. The second kappa shape index (κ2) is 7.83. The molecule has 130 valence electrons. The molecule has 1 aromatic heterocycles. The van der Waals surface area contributed by atoms with Crippen molar-refractivity contribution < 1.29 is 14.6 Å². The summed E-state index contributed by atoms with van der Waals surface area (Å²) in [6.07, 6.45) is 11.7. The van der Waals surface area contributed by atoms with Crippen LogP contribution in [0.4, 0.5) is 0 Å². The summed E-state index contributed by atoms with van der Waals surface area (Å²) in [7, 11) is 0. The van der Waals surface area contributed by atoms with Crippen molar-refractivity contribution in [1.29, 1.82) is 0 Å². The maximum absolute atomic E-state index is 11.2. The highest BCUT2D eigenvalue weighted by Crippen LogP contribution is 2.19. The third-order valence-electron chi connectivity index (χ3n) is 4.06. The minimum absolute atomic E-state index is 0.262. The van der Waals surface area contributed by atoms with Crippen molar-refractivity contribution in [3.05, 3.63) is 71.3 Å². The Balaban J connectivity index is 1.82. The number of carbonyl (C=O) groups is 1. The molecule has 1 aromatic carbocycles. The summed E-state index contributed by atoms with van der Waals surface area (Å²) in [6.45, 7) is 2.82. The van der Waals surface area contributed by atoms with Gasteiger partial charge in [0.1, 0.15) is 5.76 Å². The predicted octanol–water partition coefficient (Wildman–Crippen LogP) is 3.93. The molecule has 0 aliphatic heterocycles. The molecule has 0 unspecified atom stereocenters. The summed E-state index contributed by atoms with van der Waals surface area (Å²) in [5, 5.41) is 13.8. The molecule has 0 atom stereocenters. The summed E-state index contributed by atoms with van der Waals surface area (Å²) in [4.78, 5) is 11.2. The topological polar surface area (TPSA) is 64.3 Å². The number of aromatic carboxylic acids is 1. The highest BCUT2D eigenvalue weighted by molar-refractivity contribution is 5.88. The molecular weight excluding hydrogens is 316 g/mol. The fourth-order valence-electron chi connectivity index (χ4n) is 2.79. The van der Waals surface area contributed by atoms with E-state index < -0.39 is 5.97 Å². The Morgan fingerprint density at radius 1 is 1.40 bits per heavy atom. The zero-order chi connectivity index (χ0) is 17.6. The molecule has 0 amide bonds. The quantitative estimate of drug-likeness (QED) is 0.897. The van der Waals surface area contributed by atoms with E-state index in [0.29, 0.717) is 0 Å². The van der Waals surface area contributed by atoms with Crippen LogP contribution in [0.2, 0.25) is 0 Å². The first-order valence-electron chi connectivity index (χ1n) is 8.58. The van der Waals surface area contributed by atoms with E-state index in [2.05, 4.69) is 24.2 Å². The zero-order valence-corrected chi connectivity index (χ0v) is 14.3. The molecule has 0 spiro atoms. The second-order valence-corrected chi connectivity index (χ2v) is 6.00. The molecule has 5 nitrogen and oxygen atoms in total. The number of hydrogen-bond donors (Lipinski definition) is 1. The van der Waals surface area contributed by atoms with Gasteiger partial charge in [0, 0.05) is 12.6 Å². The van der Waals surface area contributed by atoms with Crippen LogP contribution in [-0.2, 0) is 17.6 Å². The third-order valence-corrected chi connectivity index (χ3v) is 4.06. The Bertz CT molecular complexity index is 818. The number of aromatic nitrogens is 2. The molecule has 1 aliphatic carbocycles. The number of allylic oxidation sites excluding steroid dienone is 3. The van der Waals surface area contributed by atoms with Gasteiger partial charge >= 0.3 is 5.97 Å². The number of benzene rings is 1. The number of rotatable bonds is 5. The first kappa shape index (κ1) is 17.0. The second-order valence-electron chi connectivity index (χ2n) is 6.00. The molecule has 25 heavy (non-hydrogen) atoms. The monoisotopic (exact) mass is 338 g/mol. The largest absolute Gasteiger partial charge is 0.494 e. The van der Waals surface area contributed by atoms with Gasteiger partial charge in [-0.1, -0.05) is 19.1 Å². The molecular formula is C20H22N2O3. The molecule has 2 aromatic rings. The fraction of sp³-hybridized carbons (Fsp3) is 0.300. The lowest BCUT2D eigenvalue weighted by Crippen LogP contribution is -2.00. The lowest BCUT2D eigenvalue weighted by atomic mass is 10.1. The van der Waals surface area contributed by atoms with Gasteiger partial charge in [0.15, 0.2) is 0 Å². The van der Waals surface area contributed by atoms with Gasteiger partial charge in [-0.25, -0.2) is 9.48 Å². The van der Waals surface area contributed by atoms with Gasteiger partial charge in [0.25, 0.3) is 0 Å². The van der Waals surface area contributed by atoms with E-state index in [4.69, 9.17) is 9.84 Å². The Morgan fingerprint density at radius 3 is 3.08 bits per heavy atom. The van der Waals surface area contributed by atoms with E-state index in [-0.39, 0.29) is 5.56 Å². The number of carboxylic acids is 1. The number of fused-ring (bicyclic) bond motifs is 1. The van der Waals surface area contributed by atoms with Gasteiger partial charge in [-0.05, 0) is 55.2 Å². The molecule has 0 saturated heterocycles. The highest BCUT2D eigenvalue weighted by atomic mass is 16.5. The van der Waals surface area contributed by atoms with Crippen LogP contribution in [-0.4, -0.2) is 27.5 Å². The summed E-state index contributed by atoms with van der Waals surface area (Å²) in [5.74, 6) is -0.00873. The van der Waals surface area contributed by atoms with Gasteiger partial charge in [-0.2, -0.15) is 5.10 Å². The molecule has 5 heteroatoms. The van der Waals surface area contributed by atoms with Crippen LogP contribution < -0.4 is 0 Å². The molecule has 1 aliphatic rings. The molecule has 0 fully saturated rings. The van der Waals surface area contributed by atoms with Crippen molar-refractivity contribution in [3.8, 4) is 5.69 Å². The van der Waals surface area contributed by atoms with E-state index in [1.54, 1.807) is 22.9 Å². The summed E-state index contributed by atoms with van der Waals surface area (Å²) < 4.78 is 7.49. The molecule has 0 bridgehead atoms. The SMILES string of the molecule is CCCOC1=C/CCc2cn(-c3cccc(C(=O)O)c3)nc2C/C=C\1. The average molecular weight is 338 g/mol. The van der Waals surface area contributed by atoms with E-state index in [9.17, 15) is 4.79 Å². The normalized spacial score (nSPS) is 17.4. The van der Waals surface area contributed by atoms with Crippen molar-refractivity contribution in [1.82, 2.24) is 9.78 Å². The Morgan fingerprint density at radius 2 is 2.28 bits per heavy atom. The predicted molar refractivity (Wildman–Crippen MR) is 96.0 cm³/mol. The van der Waals surface area contributed by atoms with Crippen molar-refractivity contribution >= 4 is 5.97 Å². The van der Waals surface area contributed by atoms with Crippen molar-refractivity contribution in [3.63, 3.8) is 0 Å². The summed E-state index contributed by atoms with van der Waals surface area (Å²) in [6, 6.07) is 6.83. The summed E-state index contributed by atoms with van der Waals surface area (Å²) in [5.41, 5.74) is 3.22. The van der Waals surface area contributed by atoms with Gasteiger partial charge in [-0.3, -0.25) is 0 Å². The smallest absolute Gasteiger partial charge is 0.335 e. The lowest BCUT2D eigenvalue weighted by Gasteiger charge is -2.05. The van der Waals surface area contributed by atoms with E-state index in [0.717, 1.165) is 49.4 Å². The van der Waals surface area contributed by atoms with Gasteiger partial charge in [0.2, 0.25) is 0 Å². The van der Waals surface area contributed by atoms with Crippen LogP contribution in [0.1, 0.15) is 41.4 Å². The third kappa shape index (κ3) is 4.18. The van der Waals surface area contributed by atoms with E-state index in [1.165, 1.54) is 5.56 Å². The van der Waals surface area contributed by atoms with Crippen LogP contribution in [0.5, 0.6) is 0 Å². The minimum Gasteiger partial charge on any atom is -0.494 e. The van der Waals surface area contributed by atoms with Gasteiger partial charge < -0.3 is 9.84 Å². The average Bonchev–Trinajstić information content (AvgIpc) is 3.04. The molecule has 0 radical (unpaired) electrons. The standard InChI is InChI=1S/C20H22N2O3/c1-2-12-25-18-9-4-7-16-14-22(21-19(16)11-5-10-18)17-8-3-6-15(13-17)20(23)24/h3,5-6,8-10,13-14H,2,4,7,11-12H2,1H3,(H,23,24)/b10-5-,18-9+. The highest BCUT2D eigenvalue weighted by Gasteiger charge is 2.12. The van der Waals surface area contributed by atoms with Crippen molar-refractivity contribution in [2.24, 2.45) is 0 Å². The Labute approximate surface area is 147 Å². The fourth-order valence-corrected chi connectivity index (χ4v) is 2.79. The van der Waals surface area contributed by atoms with Gasteiger partial charge in [-0.15, -0.1) is 0 Å². The zero-order valence-electron chi connectivity index (χ0n) is 14.3. The summed E-state index contributed by atoms with van der Waals surface area (Å²) >= 11 is 0. The van der Waals surface area contributed by atoms with Crippen molar-refractivity contribution in [2.75, 3.05) is 6.61 Å². The van der Waals surface area contributed by atoms with Crippen LogP contribution >= 0.6 is 0 Å². The Hall–Kier alpha value is -2.82. The van der Waals surface area contributed by atoms with Crippen LogP contribution in [0.3, 0.4) is 0 Å².